The van der Waals surface area contributed by atoms with Crippen LogP contribution in [-0.2, 0) is 24.3 Å². The van der Waals surface area contributed by atoms with Gasteiger partial charge in [0, 0.05) is 31.3 Å². The fourth-order valence-corrected chi connectivity index (χ4v) is 5.86. The van der Waals surface area contributed by atoms with Gasteiger partial charge in [0.2, 0.25) is 5.88 Å². The van der Waals surface area contributed by atoms with Gasteiger partial charge in [-0.05, 0) is 73.6 Å². The standard InChI is InChI=1S/C33H36N4O5/c1-3-41-32-28(33(38)39)18-34-37(32)30-11-5-10-29(35-30)27-9-4-7-22(2)31(27)42-20-23-12-13-25-19-36(15-14-24(25)17-23)26-8-6-16-40-21-26/h4-5,7,9-13,17-18,26H,3,6,8,14-16,19-21H2,1-2H3,(H,38,39). The van der Waals surface area contributed by atoms with E-state index in [-0.39, 0.29) is 11.4 Å². The molecule has 9 heteroatoms. The van der Waals surface area contributed by atoms with E-state index < -0.39 is 5.97 Å². The van der Waals surface area contributed by atoms with Crippen LogP contribution in [0.15, 0.2) is 60.8 Å². The van der Waals surface area contributed by atoms with Gasteiger partial charge in [0.1, 0.15) is 17.9 Å². The number of nitrogens with zero attached hydrogens (tertiary/aromatic N) is 4. The Morgan fingerprint density at radius 2 is 2.00 bits per heavy atom. The second kappa shape index (κ2) is 12.3. The Bertz CT molecular complexity index is 1580. The minimum Gasteiger partial charge on any atom is -0.488 e. The molecule has 2 aliphatic heterocycles. The fraction of sp³-hybridized carbons (Fsp3) is 0.364. The SMILES string of the molecule is CCOc1c(C(=O)O)cnn1-c1cccc(-c2cccc(C)c2OCc2ccc3c(c2)CCN(C2CCCOC2)C3)n1. The molecule has 4 aromatic rings. The number of pyridine rings is 1. The van der Waals surface area contributed by atoms with E-state index in [0.29, 0.717) is 30.8 Å². The van der Waals surface area contributed by atoms with Gasteiger partial charge < -0.3 is 19.3 Å². The minimum atomic E-state index is -1.10. The van der Waals surface area contributed by atoms with E-state index >= 15 is 0 Å². The smallest absolute Gasteiger partial charge is 0.342 e. The molecule has 0 saturated carbocycles. The van der Waals surface area contributed by atoms with E-state index in [2.05, 4.69) is 28.2 Å². The van der Waals surface area contributed by atoms with Gasteiger partial charge in [-0.1, -0.05) is 36.4 Å². The molecule has 0 radical (unpaired) electrons. The molecule has 2 aromatic carbocycles. The van der Waals surface area contributed by atoms with Gasteiger partial charge in [-0.15, -0.1) is 0 Å². The molecule has 0 aliphatic carbocycles. The summed E-state index contributed by atoms with van der Waals surface area (Å²) >= 11 is 0. The van der Waals surface area contributed by atoms with Crippen LogP contribution in [0.1, 0.15) is 52.4 Å². The Morgan fingerprint density at radius 1 is 1.12 bits per heavy atom. The van der Waals surface area contributed by atoms with Crippen molar-refractivity contribution in [1.82, 2.24) is 19.7 Å². The second-order valence-electron chi connectivity index (χ2n) is 10.8. The maximum absolute atomic E-state index is 11.7. The number of hydrogen-bond donors (Lipinski definition) is 1. The van der Waals surface area contributed by atoms with E-state index in [4.69, 9.17) is 19.2 Å². The normalized spacial score (nSPS) is 17.0. The van der Waals surface area contributed by atoms with E-state index in [1.54, 1.807) is 13.0 Å². The third kappa shape index (κ3) is 5.75. The van der Waals surface area contributed by atoms with Gasteiger partial charge >= 0.3 is 5.97 Å². The number of aryl methyl sites for hydroxylation is 1. The van der Waals surface area contributed by atoms with E-state index in [1.165, 1.54) is 28.4 Å². The molecule has 0 bridgehead atoms. The number of carboxylic acids is 1. The predicted octanol–water partition coefficient (Wildman–Crippen LogP) is 5.46. The van der Waals surface area contributed by atoms with E-state index in [9.17, 15) is 9.90 Å². The second-order valence-corrected chi connectivity index (χ2v) is 10.8. The van der Waals surface area contributed by atoms with Crippen molar-refractivity contribution in [2.24, 2.45) is 0 Å². The summed E-state index contributed by atoms with van der Waals surface area (Å²) in [4.78, 5) is 19.1. The third-order valence-electron chi connectivity index (χ3n) is 8.02. The fourth-order valence-electron chi connectivity index (χ4n) is 5.86. The number of fused-ring (bicyclic) bond motifs is 1. The maximum Gasteiger partial charge on any atom is 0.342 e. The summed E-state index contributed by atoms with van der Waals surface area (Å²) in [5, 5.41) is 13.8. The first-order valence-electron chi connectivity index (χ1n) is 14.6. The maximum atomic E-state index is 11.7. The largest absolute Gasteiger partial charge is 0.488 e. The molecule has 6 rings (SSSR count). The van der Waals surface area contributed by atoms with Gasteiger partial charge in [0.15, 0.2) is 5.82 Å². The third-order valence-corrected chi connectivity index (χ3v) is 8.02. The quantitative estimate of drug-likeness (QED) is 0.284. The summed E-state index contributed by atoms with van der Waals surface area (Å²) in [6.45, 7) is 8.34. The Kier molecular flexibility index (Phi) is 8.21. The van der Waals surface area contributed by atoms with Crippen LogP contribution >= 0.6 is 0 Å². The summed E-state index contributed by atoms with van der Waals surface area (Å²) in [7, 11) is 0. The van der Waals surface area contributed by atoms with Gasteiger partial charge in [-0.2, -0.15) is 9.78 Å². The Labute approximate surface area is 245 Å². The highest BCUT2D eigenvalue weighted by molar-refractivity contribution is 5.90. The van der Waals surface area contributed by atoms with Crippen LogP contribution in [0.3, 0.4) is 0 Å². The van der Waals surface area contributed by atoms with Crippen molar-refractivity contribution in [3.8, 4) is 28.7 Å². The molecule has 1 N–H and O–H groups in total. The Hall–Kier alpha value is -4.21. The molecule has 0 spiro atoms. The van der Waals surface area contributed by atoms with Crippen molar-refractivity contribution in [1.29, 1.82) is 0 Å². The van der Waals surface area contributed by atoms with Crippen molar-refractivity contribution in [2.45, 2.75) is 52.3 Å². The number of benzene rings is 2. The minimum absolute atomic E-state index is 0.00982. The van der Waals surface area contributed by atoms with Crippen LogP contribution < -0.4 is 9.47 Å². The highest BCUT2D eigenvalue weighted by atomic mass is 16.5. The molecule has 2 aliphatic rings. The van der Waals surface area contributed by atoms with E-state index in [0.717, 1.165) is 61.6 Å². The number of rotatable bonds is 9. The summed E-state index contributed by atoms with van der Waals surface area (Å²) in [6.07, 6.45) is 4.68. The summed E-state index contributed by atoms with van der Waals surface area (Å²) < 4.78 is 19.2. The lowest BCUT2D eigenvalue weighted by Gasteiger charge is -2.37. The number of carboxylic acid groups (broad SMARTS) is 1. The monoisotopic (exact) mass is 568 g/mol. The van der Waals surface area contributed by atoms with Gasteiger partial charge in [0.25, 0.3) is 0 Å². The summed E-state index contributed by atoms with van der Waals surface area (Å²) in [6, 6.07) is 18.8. The molecule has 218 valence electrons. The number of hydrogen-bond acceptors (Lipinski definition) is 7. The van der Waals surface area contributed by atoms with Crippen LogP contribution in [0.5, 0.6) is 11.6 Å². The molecule has 1 fully saturated rings. The number of aromatic carboxylic acids is 1. The van der Waals surface area contributed by atoms with Crippen molar-refractivity contribution in [3.63, 3.8) is 0 Å². The predicted molar refractivity (Wildman–Crippen MR) is 158 cm³/mol. The van der Waals surface area contributed by atoms with Crippen molar-refractivity contribution < 1.29 is 24.1 Å². The summed E-state index contributed by atoms with van der Waals surface area (Å²) in [5.41, 5.74) is 6.47. The van der Waals surface area contributed by atoms with Crippen LogP contribution in [0.2, 0.25) is 0 Å². The molecular formula is C33H36N4O5. The summed E-state index contributed by atoms with van der Waals surface area (Å²) in [5.74, 6) is 0.269. The zero-order chi connectivity index (χ0) is 29.1. The lowest BCUT2D eigenvalue weighted by Crippen LogP contribution is -2.43. The number of para-hydroxylation sites is 1. The molecule has 4 heterocycles. The molecule has 1 unspecified atom stereocenters. The number of aromatic nitrogens is 3. The highest BCUT2D eigenvalue weighted by Gasteiger charge is 2.26. The average molecular weight is 569 g/mol. The van der Waals surface area contributed by atoms with Gasteiger partial charge in [-0.3, -0.25) is 4.90 Å². The van der Waals surface area contributed by atoms with Crippen LogP contribution in [0.25, 0.3) is 17.1 Å². The lowest BCUT2D eigenvalue weighted by atomic mass is 9.95. The van der Waals surface area contributed by atoms with Crippen molar-refractivity contribution in [2.75, 3.05) is 26.4 Å². The average Bonchev–Trinajstić information content (AvgIpc) is 3.45. The molecule has 1 atom stereocenters. The van der Waals surface area contributed by atoms with Crippen LogP contribution in [0, 0.1) is 6.92 Å². The van der Waals surface area contributed by atoms with Gasteiger partial charge in [0.05, 0.1) is 25.1 Å². The first-order valence-corrected chi connectivity index (χ1v) is 14.6. The topological polar surface area (TPSA) is 98.9 Å². The van der Waals surface area contributed by atoms with Crippen LogP contribution in [0.4, 0.5) is 0 Å². The molecule has 42 heavy (non-hydrogen) atoms. The Morgan fingerprint density at radius 3 is 2.81 bits per heavy atom. The first kappa shape index (κ1) is 27.9. The van der Waals surface area contributed by atoms with Crippen LogP contribution in [-0.4, -0.2) is 63.1 Å². The number of carbonyl (C=O) groups is 1. The van der Waals surface area contributed by atoms with Crippen molar-refractivity contribution in [3.05, 3.63) is 88.6 Å². The highest BCUT2D eigenvalue weighted by Crippen LogP contribution is 2.34. The zero-order valence-electron chi connectivity index (χ0n) is 24.1. The molecule has 9 nitrogen and oxygen atoms in total. The molecule has 0 amide bonds. The van der Waals surface area contributed by atoms with Gasteiger partial charge in [-0.25, -0.2) is 9.78 Å². The zero-order valence-corrected chi connectivity index (χ0v) is 24.1. The lowest BCUT2D eigenvalue weighted by molar-refractivity contribution is 0.0125. The molecule has 2 aromatic heterocycles. The van der Waals surface area contributed by atoms with Crippen molar-refractivity contribution >= 4 is 5.97 Å². The Balaban J connectivity index is 1.22. The first-order chi connectivity index (χ1) is 20.5. The molecular weight excluding hydrogens is 532 g/mol. The molecule has 1 saturated heterocycles. The van der Waals surface area contributed by atoms with E-state index in [1.807, 2.05) is 37.3 Å². The number of ether oxygens (including phenoxy) is 3.